The smallest absolute Gasteiger partial charge is 0.358 e. The van der Waals surface area contributed by atoms with Crippen molar-refractivity contribution in [2.75, 3.05) is 7.05 Å². The van der Waals surface area contributed by atoms with Gasteiger partial charge >= 0.3 is 5.82 Å². The summed E-state index contributed by atoms with van der Waals surface area (Å²) in [5.41, 5.74) is 0.687. The second kappa shape index (κ2) is 5.27. The zero-order valence-corrected chi connectivity index (χ0v) is 11.0. The molecule has 1 heterocycles. The number of nitro groups is 1. The van der Waals surface area contributed by atoms with Gasteiger partial charge in [-0.15, -0.1) is 0 Å². The first-order valence-corrected chi connectivity index (χ1v) is 5.73. The molecule has 0 spiro atoms. The van der Waals surface area contributed by atoms with Gasteiger partial charge in [0.2, 0.25) is 6.33 Å². The lowest BCUT2D eigenvalue weighted by Gasteiger charge is -2.26. The summed E-state index contributed by atoms with van der Waals surface area (Å²) in [6, 6.07) is 0.157. The molecule has 6 heteroatoms. The fraction of sp³-hybridized carbons (Fsp3) is 0.727. The van der Waals surface area contributed by atoms with Crippen molar-refractivity contribution < 1.29 is 4.92 Å². The molecule has 0 bridgehead atoms. The van der Waals surface area contributed by atoms with E-state index in [4.69, 9.17) is 0 Å². The molecule has 17 heavy (non-hydrogen) atoms. The van der Waals surface area contributed by atoms with Crippen molar-refractivity contribution in [1.82, 2.24) is 14.9 Å². The van der Waals surface area contributed by atoms with Gasteiger partial charge in [-0.1, -0.05) is 13.8 Å². The molecule has 0 amide bonds. The Kier molecular flexibility index (Phi) is 4.22. The van der Waals surface area contributed by atoms with Gasteiger partial charge in [-0.05, 0) is 29.8 Å². The van der Waals surface area contributed by atoms with Crippen LogP contribution in [0, 0.1) is 16.0 Å². The van der Waals surface area contributed by atoms with Crippen LogP contribution in [0.3, 0.4) is 0 Å². The van der Waals surface area contributed by atoms with Gasteiger partial charge in [-0.3, -0.25) is 0 Å². The molecule has 0 saturated heterocycles. The second-order valence-electron chi connectivity index (χ2n) is 4.67. The summed E-state index contributed by atoms with van der Waals surface area (Å²) in [5.74, 6) is 0.327. The Balaban J connectivity index is 3.27. The van der Waals surface area contributed by atoms with E-state index in [-0.39, 0.29) is 17.8 Å². The fourth-order valence-electron chi connectivity index (χ4n) is 2.26. The van der Waals surface area contributed by atoms with Crippen molar-refractivity contribution in [3.05, 3.63) is 22.1 Å². The number of aryl methyl sites for hydroxylation is 1. The highest BCUT2D eigenvalue weighted by molar-refractivity contribution is 5.32. The molecule has 0 aliphatic carbocycles. The van der Waals surface area contributed by atoms with Gasteiger partial charge in [0.15, 0.2) is 0 Å². The van der Waals surface area contributed by atoms with Gasteiger partial charge in [-0.2, -0.15) is 0 Å². The third-order valence-corrected chi connectivity index (χ3v) is 3.16. The van der Waals surface area contributed by atoms with Gasteiger partial charge in [0.05, 0.1) is 0 Å². The summed E-state index contributed by atoms with van der Waals surface area (Å²) in [7, 11) is 3.66. The monoisotopic (exact) mass is 240 g/mol. The number of nitrogens with one attached hydrogen (secondary N) is 1. The number of nitrogens with zero attached hydrogens (tertiary/aromatic N) is 3. The molecule has 0 saturated carbocycles. The number of hydrogen-bond donors (Lipinski definition) is 1. The third-order valence-electron chi connectivity index (χ3n) is 3.16. The molecule has 0 fully saturated rings. The highest BCUT2D eigenvalue weighted by Gasteiger charge is 2.32. The summed E-state index contributed by atoms with van der Waals surface area (Å²) in [6.45, 7) is 6.16. The molecule has 2 unspecified atom stereocenters. The molecule has 2 atom stereocenters. The van der Waals surface area contributed by atoms with Crippen LogP contribution in [0.1, 0.15) is 32.4 Å². The Morgan fingerprint density at radius 3 is 2.47 bits per heavy atom. The van der Waals surface area contributed by atoms with Crippen LogP contribution in [-0.4, -0.2) is 27.6 Å². The SMILES string of the molecule is CNC(C)C(c1c([N+](=O)[O-])ncn1C)C(C)C. The Hall–Kier alpha value is -1.43. The largest absolute Gasteiger partial charge is 0.385 e. The lowest BCUT2D eigenvalue weighted by Crippen LogP contribution is -2.33. The van der Waals surface area contributed by atoms with E-state index in [1.807, 2.05) is 14.0 Å². The molecule has 0 aliphatic rings. The van der Waals surface area contributed by atoms with E-state index in [1.165, 1.54) is 6.33 Å². The highest BCUT2D eigenvalue weighted by atomic mass is 16.6. The van der Waals surface area contributed by atoms with E-state index in [2.05, 4.69) is 24.1 Å². The van der Waals surface area contributed by atoms with Gasteiger partial charge in [0.25, 0.3) is 0 Å². The summed E-state index contributed by atoms with van der Waals surface area (Å²) < 4.78 is 1.75. The number of imidazole rings is 1. The van der Waals surface area contributed by atoms with Crippen LogP contribution in [0.25, 0.3) is 0 Å². The quantitative estimate of drug-likeness (QED) is 0.627. The van der Waals surface area contributed by atoms with Crippen LogP contribution in [0.15, 0.2) is 6.33 Å². The average molecular weight is 240 g/mol. The molecule has 1 aromatic rings. The summed E-state index contributed by atoms with van der Waals surface area (Å²) in [4.78, 5) is 14.4. The maximum atomic E-state index is 11.0. The van der Waals surface area contributed by atoms with Crippen molar-refractivity contribution in [2.24, 2.45) is 13.0 Å². The molecule has 96 valence electrons. The van der Waals surface area contributed by atoms with Crippen LogP contribution in [0.2, 0.25) is 0 Å². The van der Waals surface area contributed by atoms with E-state index >= 15 is 0 Å². The van der Waals surface area contributed by atoms with Crippen LogP contribution >= 0.6 is 0 Å². The fourth-order valence-corrected chi connectivity index (χ4v) is 2.26. The van der Waals surface area contributed by atoms with Crippen LogP contribution in [0.5, 0.6) is 0 Å². The number of hydrogen-bond acceptors (Lipinski definition) is 4. The molecule has 0 aromatic carbocycles. The highest BCUT2D eigenvalue weighted by Crippen LogP contribution is 2.33. The maximum Gasteiger partial charge on any atom is 0.385 e. The van der Waals surface area contributed by atoms with Crippen LogP contribution in [0.4, 0.5) is 5.82 Å². The zero-order chi connectivity index (χ0) is 13.2. The first-order valence-electron chi connectivity index (χ1n) is 5.73. The molecule has 1 rings (SSSR count). The van der Waals surface area contributed by atoms with Crippen molar-refractivity contribution in [3.63, 3.8) is 0 Å². The average Bonchev–Trinajstić information content (AvgIpc) is 2.60. The van der Waals surface area contributed by atoms with E-state index < -0.39 is 4.92 Å². The minimum absolute atomic E-state index is 0.0340. The minimum atomic E-state index is -0.410. The van der Waals surface area contributed by atoms with E-state index in [0.717, 1.165) is 0 Å². The van der Waals surface area contributed by atoms with Crippen molar-refractivity contribution >= 4 is 5.82 Å². The first kappa shape index (κ1) is 13.6. The predicted octanol–water partition coefficient (Wildman–Crippen LogP) is 1.68. The van der Waals surface area contributed by atoms with E-state index in [0.29, 0.717) is 11.6 Å². The normalized spacial score (nSPS) is 14.9. The Labute approximate surface area is 101 Å². The third kappa shape index (κ3) is 2.63. The molecule has 6 nitrogen and oxygen atoms in total. The van der Waals surface area contributed by atoms with Crippen LogP contribution in [-0.2, 0) is 7.05 Å². The van der Waals surface area contributed by atoms with Crippen molar-refractivity contribution in [2.45, 2.75) is 32.7 Å². The summed E-state index contributed by atoms with van der Waals surface area (Å²) in [6.07, 6.45) is 1.51. The Bertz CT molecular complexity index is 400. The first-order chi connectivity index (χ1) is 7.90. The van der Waals surface area contributed by atoms with E-state index in [1.54, 1.807) is 11.6 Å². The zero-order valence-electron chi connectivity index (χ0n) is 11.0. The Morgan fingerprint density at radius 1 is 1.47 bits per heavy atom. The van der Waals surface area contributed by atoms with Gasteiger partial charge in [0, 0.05) is 19.0 Å². The molecule has 1 aromatic heterocycles. The predicted molar refractivity (Wildman–Crippen MR) is 66.0 cm³/mol. The number of aromatic nitrogens is 2. The number of likely N-dealkylation sites (N-methyl/N-ethyl adjacent to an activating group) is 1. The second-order valence-corrected chi connectivity index (χ2v) is 4.67. The van der Waals surface area contributed by atoms with Gasteiger partial charge < -0.3 is 20.0 Å². The standard InChI is InChI=1S/C11H20N4O2/c1-7(2)9(8(3)12-4)10-11(15(16)17)13-6-14(10)5/h6-9,12H,1-5H3. The molecule has 0 radical (unpaired) electrons. The van der Waals surface area contributed by atoms with E-state index in [9.17, 15) is 10.1 Å². The minimum Gasteiger partial charge on any atom is -0.358 e. The van der Waals surface area contributed by atoms with Crippen LogP contribution < -0.4 is 5.32 Å². The van der Waals surface area contributed by atoms with Gasteiger partial charge in [-0.25, -0.2) is 0 Å². The molecular formula is C11H20N4O2. The van der Waals surface area contributed by atoms with Crippen molar-refractivity contribution in [1.29, 1.82) is 0 Å². The topological polar surface area (TPSA) is 73.0 Å². The molecule has 1 N–H and O–H groups in total. The maximum absolute atomic E-state index is 11.0. The van der Waals surface area contributed by atoms with Crippen molar-refractivity contribution in [3.8, 4) is 0 Å². The summed E-state index contributed by atoms with van der Waals surface area (Å²) >= 11 is 0. The van der Waals surface area contributed by atoms with Gasteiger partial charge in [0.1, 0.15) is 5.69 Å². The molecule has 0 aliphatic heterocycles. The molecular weight excluding hydrogens is 220 g/mol. The Morgan fingerprint density at radius 2 is 2.06 bits per heavy atom. The number of rotatable bonds is 5. The lowest BCUT2D eigenvalue weighted by atomic mass is 9.86. The summed E-state index contributed by atoms with van der Waals surface area (Å²) in [5, 5.41) is 14.1. The lowest BCUT2D eigenvalue weighted by molar-refractivity contribution is -0.390.